The van der Waals surface area contributed by atoms with E-state index in [-0.39, 0.29) is 6.10 Å². The molecule has 0 spiro atoms. The molecule has 0 radical (unpaired) electrons. The number of rotatable bonds is 2. The van der Waals surface area contributed by atoms with Gasteiger partial charge < -0.3 is 10.4 Å². The molecule has 0 aromatic rings. The molecule has 0 aliphatic heterocycles. The highest BCUT2D eigenvalue weighted by Crippen LogP contribution is 2.22. The summed E-state index contributed by atoms with van der Waals surface area (Å²) in [5, 5.41) is 13.3. The number of nitrogens with one attached hydrogen (secondary N) is 1. The van der Waals surface area contributed by atoms with E-state index in [0.29, 0.717) is 6.04 Å². The molecular formula is C13H25NO. The van der Waals surface area contributed by atoms with E-state index in [2.05, 4.69) is 5.32 Å². The molecule has 0 amide bonds. The zero-order valence-corrected chi connectivity index (χ0v) is 9.75. The van der Waals surface area contributed by atoms with E-state index in [9.17, 15) is 5.11 Å². The van der Waals surface area contributed by atoms with Gasteiger partial charge in [-0.3, -0.25) is 0 Å². The molecule has 2 saturated carbocycles. The van der Waals surface area contributed by atoms with Gasteiger partial charge in [0.05, 0.1) is 6.10 Å². The fourth-order valence-corrected chi connectivity index (χ4v) is 3.02. The minimum absolute atomic E-state index is 0.0165. The van der Waals surface area contributed by atoms with Crippen LogP contribution in [0.5, 0.6) is 0 Å². The van der Waals surface area contributed by atoms with Gasteiger partial charge in [0.2, 0.25) is 0 Å². The zero-order valence-electron chi connectivity index (χ0n) is 9.75. The van der Waals surface area contributed by atoms with Crippen LogP contribution in [0.3, 0.4) is 0 Å². The molecule has 2 fully saturated rings. The van der Waals surface area contributed by atoms with Crippen LogP contribution in [-0.2, 0) is 0 Å². The van der Waals surface area contributed by atoms with Crippen LogP contribution in [0.4, 0.5) is 0 Å². The maximum atomic E-state index is 9.45. The van der Waals surface area contributed by atoms with E-state index in [4.69, 9.17) is 0 Å². The third-order valence-corrected chi connectivity index (χ3v) is 4.02. The number of aliphatic hydroxyl groups is 1. The van der Waals surface area contributed by atoms with Crippen LogP contribution in [0.15, 0.2) is 0 Å². The quantitative estimate of drug-likeness (QED) is 0.688. The first-order chi connectivity index (χ1) is 7.34. The lowest BCUT2D eigenvalue weighted by molar-refractivity contribution is 0.113. The molecule has 2 aliphatic carbocycles. The molecule has 2 heteroatoms. The Morgan fingerprint density at radius 2 is 1.20 bits per heavy atom. The van der Waals surface area contributed by atoms with Crippen molar-refractivity contribution in [2.45, 2.75) is 82.4 Å². The smallest absolute Gasteiger partial charge is 0.0541 e. The number of hydrogen-bond donors (Lipinski definition) is 2. The minimum atomic E-state index is -0.0165. The molecule has 0 bridgehead atoms. The normalized spacial score (nSPS) is 35.0. The van der Waals surface area contributed by atoms with Crippen LogP contribution in [0.25, 0.3) is 0 Å². The molecular weight excluding hydrogens is 186 g/mol. The van der Waals surface area contributed by atoms with Crippen LogP contribution >= 0.6 is 0 Å². The summed E-state index contributed by atoms with van der Waals surface area (Å²) in [6, 6.07) is 1.46. The first-order valence-electron chi connectivity index (χ1n) is 6.79. The second-order valence-corrected chi connectivity index (χ2v) is 5.36. The van der Waals surface area contributed by atoms with Crippen LogP contribution < -0.4 is 5.32 Å². The largest absolute Gasteiger partial charge is 0.393 e. The van der Waals surface area contributed by atoms with E-state index >= 15 is 0 Å². The van der Waals surface area contributed by atoms with Gasteiger partial charge in [-0.05, 0) is 38.5 Å². The number of aliphatic hydroxyl groups excluding tert-OH is 1. The van der Waals surface area contributed by atoms with E-state index in [1.54, 1.807) is 0 Å². The lowest BCUT2D eigenvalue weighted by Gasteiger charge is -2.30. The Morgan fingerprint density at radius 3 is 1.80 bits per heavy atom. The summed E-state index contributed by atoms with van der Waals surface area (Å²) in [6.45, 7) is 0. The van der Waals surface area contributed by atoms with Crippen LogP contribution in [-0.4, -0.2) is 23.3 Å². The third-order valence-electron chi connectivity index (χ3n) is 4.02. The fraction of sp³-hybridized carbons (Fsp3) is 1.00. The van der Waals surface area contributed by atoms with Gasteiger partial charge in [-0.15, -0.1) is 0 Å². The SMILES string of the molecule is OC1CCC(NC2CCCCCC2)CC1. The molecule has 2 aliphatic rings. The second kappa shape index (κ2) is 5.86. The van der Waals surface area contributed by atoms with Crippen LogP contribution in [0.2, 0.25) is 0 Å². The molecule has 2 N–H and O–H groups in total. The molecule has 2 rings (SSSR count). The topological polar surface area (TPSA) is 32.3 Å². The fourth-order valence-electron chi connectivity index (χ4n) is 3.02. The molecule has 88 valence electrons. The summed E-state index contributed by atoms with van der Waals surface area (Å²) in [7, 11) is 0. The highest BCUT2D eigenvalue weighted by atomic mass is 16.3. The van der Waals surface area contributed by atoms with E-state index in [1.165, 1.54) is 51.4 Å². The first-order valence-corrected chi connectivity index (χ1v) is 6.79. The predicted octanol–water partition coefficient (Wildman–Crippen LogP) is 2.60. The summed E-state index contributed by atoms with van der Waals surface area (Å²) >= 11 is 0. The summed E-state index contributed by atoms with van der Waals surface area (Å²) in [6.07, 6.45) is 12.8. The lowest BCUT2D eigenvalue weighted by atomic mass is 9.92. The van der Waals surface area contributed by atoms with Crippen molar-refractivity contribution < 1.29 is 5.11 Å². The summed E-state index contributed by atoms with van der Waals surface area (Å²) < 4.78 is 0. The van der Waals surface area contributed by atoms with Gasteiger partial charge in [0.1, 0.15) is 0 Å². The Hall–Kier alpha value is -0.0800. The van der Waals surface area contributed by atoms with Crippen LogP contribution in [0.1, 0.15) is 64.2 Å². The Labute approximate surface area is 93.5 Å². The van der Waals surface area contributed by atoms with Crippen molar-refractivity contribution in [3.05, 3.63) is 0 Å². The minimum Gasteiger partial charge on any atom is -0.393 e. The van der Waals surface area contributed by atoms with Gasteiger partial charge in [-0.25, -0.2) is 0 Å². The molecule has 0 saturated heterocycles. The van der Waals surface area contributed by atoms with Crippen molar-refractivity contribution in [3.8, 4) is 0 Å². The van der Waals surface area contributed by atoms with Gasteiger partial charge in [0.25, 0.3) is 0 Å². The number of hydrogen-bond acceptors (Lipinski definition) is 2. The van der Waals surface area contributed by atoms with Gasteiger partial charge in [0, 0.05) is 12.1 Å². The maximum absolute atomic E-state index is 9.45. The maximum Gasteiger partial charge on any atom is 0.0541 e. The Kier molecular flexibility index (Phi) is 4.45. The van der Waals surface area contributed by atoms with Gasteiger partial charge in [-0.2, -0.15) is 0 Å². The lowest BCUT2D eigenvalue weighted by Crippen LogP contribution is -2.41. The molecule has 0 heterocycles. The van der Waals surface area contributed by atoms with Gasteiger partial charge in [-0.1, -0.05) is 25.7 Å². The first kappa shape index (κ1) is 11.4. The summed E-state index contributed by atoms with van der Waals surface area (Å²) in [5.74, 6) is 0. The van der Waals surface area contributed by atoms with Gasteiger partial charge >= 0.3 is 0 Å². The van der Waals surface area contributed by atoms with Crippen molar-refractivity contribution in [2.24, 2.45) is 0 Å². The standard InChI is InChI=1S/C13H25NO/c15-13-9-7-12(8-10-13)14-11-5-3-1-2-4-6-11/h11-15H,1-10H2. The van der Waals surface area contributed by atoms with Crippen molar-refractivity contribution in [1.29, 1.82) is 0 Å². The average Bonchev–Trinajstić information content (AvgIpc) is 2.50. The summed E-state index contributed by atoms with van der Waals surface area (Å²) in [5.41, 5.74) is 0. The molecule has 0 aromatic carbocycles. The average molecular weight is 211 g/mol. The van der Waals surface area contributed by atoms with Crippen molar-refractivity contribution in [1.82, 2.24) is 5.32 Å². The van der Waals surface area contributed by atoms with Crippen LogP contribution in [0, 0.1) is 0 Å². The Bertz CT molecular complexity index is 167. The third kappa shape index (κ3) is 3.76. The summed E-state index contributed by atoms with van der Waals surface area (Å²) in [4.78, 5) is 0. The highest BCUT2D eigenvalue weighted by molar-refractivity contribution is 4.81. The Balaban J connectivity index is 1.70. The molecule has 0 unspecified atom stereocenters. The second-order valence-electron chi connectivity index (χ2n) is 5.36. The predicted molar refractivity (Wildman–Crippen MR) is 62.9 cm³/mol. The molecule has 0 aromatic heterocycles. The van der Waals surface area contributed by atoms with Crippen molar-refractivity contribution in [2.75, 3.05) is 0 Å². The Morgan fingerprint density at radius 1 is 0.667 bits per heavy atom. The van der Waals surface area contributed by atoms with Crippen molar-refractivity contribution in [3.63, 3.8) is 0 Å². The zero-order chi connectivity index (χ0) is 10.5. The van der Waals surface area contributed by atoms with E-state index in [0.717, 1.165) is 18.9 Å². The highest BCUT2D eigenvalue weighted by Gasteiger charge is 2.22. The van der Waals surface area contributed by atoms with Crippen molar-refractivity contribution >= 4 is 0 Å². The molecule has 15 heavy (non-hydrogen) atoms. The monoisotopic (exact) mass is 211 g/mol. The molecule has 2 nitrogen and oxygen atoms in total. The molecule has 0 atom stereocenters. The van der Waals surface area contributed by atoms with E-state index < -0.39 is 0 Å². The van der Waals surface area contributed by atoms with Gasteiger partial charge in [0.15, 0.2) is 0 Å². The van der Waals surface area contributed by atoms with E-state index in [1.807, 2.05) is 0 Å².